The van der Waals surface area contributed by atoms with Crippen molar-refractivity contribution in [2.75, 3.05) is 17.6 Å². The fraction of sp³-hybridized carbons (Fsp3) is 0.381. The molecule has 1 fully saturated rings. The average Bonchev–Trinajstić information content (AvgIpc) is 3.57. The summed E-state index contributed by atoms with van der Waals surface area (Å²) in [4.78, 5) is 45.9. The molecule has 13 heteroatoms. The molecule has 3 heterocycles. The molecule has 1 atom stereocenters. The van der Waals surface area contributed by atoms with Crippen LogP contribution in [0.25, 0.3) is 11.0 Å². The molecule has 0 saturated heterocycles. The molecular weight excluding hydrogens is 455 g/mol. The number of carbonyl (C=O) groups excluding carboxylic acids is 2. The first kappa shape index (κ1) is 19.6. The van der Waals surface area contributed by atoms with Crippen LogP contribution >= 0.6 is 0 Å². The zero-order valence-corrected chi connectivity index (χ0v) is 18.0. The Bertz CT molecular complexity index is 1450. The topological polar surface area (TPSA) is 123 Å². The number of carbonyl (C=O) groups is 2. The molecule has 4 rings (SSSR count). The Labute approximate surface area is 195 Å². The van der Waals surface area contributed by atoms with E-state index in [-0.39, 0.29) is 45.6 Å². The standard InChI is InChI=1S/C21H22F3N7O3/c1-10(21(22,23)24)31-9-27-17-16(20(31)34)14(8-30(17)3)28-13-6-15(29-18(32)11-4-5-11)26-7-12(13)19(33)25-2/h6-11H,4-5H2,1-3H3,(H,25,33)(H2,26,28,29,32)/i2D3. The van der Waals surface area contributed by atoms with Gasteiger partial charge in [-0.15, -0.1) is 0 Å². The molecule has 3 N–H and O–H groups in total. The predicted molar refractivity (Wildman–Crippen MR) is 118 cm³/mol. The van der Waals surface area contributed by atoms with Gasteiger partial charge in [-0.2, -0.15) is 13.2 Å². The Hall–Kier alpha value is -3.90. The predicted octanol–water partition coefficient (Wildman–Crippen LogP) is 2.71. The summed E-state index contributed by atoms with van der Waals surface area (Å²) in [5.74, 6) is -1.42. The van der Waals surface area contributed by atoms with Crippen LogP contribution in [0.1, 0.15) is 40.3 Å². The van der Waals surface area contributed by atoms with Crippen LogP contribution in [-0.2, 0) is 11.8 Å². The second-order valence-electron chi connectivity index (χ2n) is 7.98. The number of aryl methyl sites for hydroxylation is 1. The first-order valence-electron chi connectivity index (χ1n) is 11.7. The molecule has 0 spiro atoms. The highest BCUT2D eigenvalue weighted by Gasteiger charge is 2.38. The molecule has 0 radical (unpaired) electrons. The van der Waals surface area contributed by atoms with E-state index in [0.29, 0.717) is 4.57 Å². The van der Waals surface area contributed by atoms with Crippen LogP contribution in [0.15, 0.2) is 29.6 Å². The lowest BCUT2D eigenvalue weighted by molar-refractivity contribution is -0.163. The first-order valence-corrected chi connectivity index (χ1v) is 10.2. The third-order valence-electron chi connectivity index (χ3n) is 5.52. The quantitative estimate of drug-likeness (QED) is 0.499. The first-order chi connectivity index (χ1) is 17.2. The van der Waals surface area contributed by atoms with Crippen molar-refractivity contribution in [3.8, 4) is 0 Å². The van der Waals surface area contributed by atoms with E-state index in [1.165, 1.54) is 23.9 Å². The summed E-state index contributed by atoms with van der Waals surface area (Å²) in [7, 11) is 1.52. The molecule has 2 amide bonds. The van der Waals surface area contributed by atoms with Crippen molar-refractivity contribution < 1.29 is 26.9 Å². The van der Waals surface area contributed by atoms with Crippen LogP contribution in [0.2, 0.25) is 0 Å². The zero-order valence-electron chi connectivity index (χ0n) is 21.0. The molecule has 180 valence electrons. The van der Waals surface area contributed by atoms with Crippen LogP contribution in [0, 0.1) is 5.92 Å². The molecule has 0 bridgehead atoms. The van der Waals surface area contributed by atoms with E-state index < -0.39 is 30.7 Å². The number of pyridine rings is 1. The monoisotopic (exact) mass is 480 g/mol. The molecular formula is C21H22F3N7O3. The van der Waals surface area contributed by atoms with Crippen LogP contribution in [0.5, 0.6) is 0 Å². The molecule has 34 heavy (non-hydrogen) atoms. The number of nitrogens with one attached hydrogen (secondary N) is 3. The van der Waals surface area contributed by atoms with E-state index in [1.54, 1.807) is 0 Å². The summed E-state index contributed by atoms with van der Waals surface area (Å²) < 4.78 is 63.7. The molecule has 1 aliphatic rings. The third kappa shape index (κ3) is 4.32. The second-order valence-corrected chi connectivity index (χ2v) is 7.98. The maximum absolute atomic E-state index is 13.3. The number of fused-ring (bicyclic) bond motifs is 1. The Kier molecular flexibility index (Phi) is 4.87. The highest BCUT2D eigenvalue weighted by atomic mass is 19.4. The Morgan fingerprint density at radius 3 is 2.65 bits per heavy atom. The minimum atomic E-state index is -4.71. The lowest BCUT2D eigenvalue weighted by Crippen LogP contribution is -2.32. The minimum absolute atomic E-state index is 0.00678. The van der Waals surface area contributed by atoms with Gasteiger partial charge < -0.3 is 20.5 Å². The van der Waals surface area contributed by atoms with Gasteiger partial charge >= 0.3 is 6.18 Å². The molecule has 0 aromatic carbocycles. The van der Waals surface area contributed by atoms with Crippen molar-refractivity contribution in [3.05, 3.63) is 40.7 Å². The third-order valence-corrected chi connectivity index (χ3v) is 5.52. The number of halogens is 3. The lowest BCUT2D eigenvalue weighted by atomic mass is 10.2. The van der Waals surface area contributed by atoms with Crippen LogP contribution in [0.3, 0.4) is 0 Å². The minimum Gasteiger partial charge on any atom is -0.355 e. The van der Waals surface area contributed by atoms with Crippen molar-refractivity contribution in [2.45, 2.75) is 32.0 Å². The van der Waals surface area contributed by atoms with Gasteiger partial charge in [-0.05, 0) is 19.8 Å². The molecule has 1 unspecified atom stereocenters. The van der Waals surface area contributed by atoms with E-state index in [0.717, 1.165) is 32.3 Å². The molecule has 10 nitrogen and oxygen atoms in total. The second kappa shape index (κ2) is 8.47. The number of amides is 2. The Balaban J connectivity index is 1.80. The number of nitrogens with zero attached hydrogens (tertiary/aromatic N) is 4. The van der Waals surface area contributed by atoms with Gasteiger partial charge in [0.1, 0.15) is 29.2 Å². The number of rotatable bonds is 6. The van der Waals surface area contributed by atoms with E-state index in [4.69, 9.17) is 4.11 Å². The summed E-state index contributed by atoms with van der Waals surface area (Å²) in [6.07, 6.45) is -0.0276. The SMILES string of the molecule is [2H]C([2H])([2H])NC(=O)c1cnc(NC(=O)C2CC2)cc1Nc1cn(C)c2ncn(C(C)C(F)(F)F)c(=O)c12. The van der Waals surface area contributed by atoms with E-state index in [9.17, 15) is 27.6 Å². The van der Waals surface area contributed by atoms with Crippen molar-refractivity contribution in [1.82, 2.24) is 24.4 Å². The molecule has 0 aliphatic heterocycles. The molecule has 3 aromatic heterocycles. The maximum Gasteiger partial charge on any atom is 0.409 e. The highest BCUT2D eigenvalue weighted by Crippen LogP contribution is 2.33. The van der Waals surface area contributed by atoms with Gasteiger partial charge in [0.2, 0.25) is 5.91 Å². The van der Waals surface area contributed by atoms with Gasteiger partial charge in [0.05, 0.1) is 16.9 Å². The van der Waals surface area contributed by atoms with Crippen molar-refractivity contribution in [2.24, 2.45) is 13.0 Å². The zero-order chi connectivity index (χ0) is 27.3. The normalized spacial score (nSPS) is 16.3. The van der Waals surface area contributed by atoms with Gasteiger partial charge in [-0.25, -0.2) is 9.97 Å². The summed E-state index contributed by atoms with van der Waals surface area (Å²) in [6, 6.07) is -0.892. The van der Waals surface area contributed by atoms with E-state index >= 15 is 0 Å². The number of alkyl halides is 3. The van der Waals surface area contributed by atoms with E-state index in [2.05, 4.69) is 20.6 Å². The number of hydrogen-bond donors (Lipinski definition) is 3. The van der Waals surface area contributed by atoms with Gasteiger partial charge in [-0.3, -0.25) is 19.0 Å². The van der Waals surface area contributed by atoms with Gasteiger partial charge in [0.25, 0.3) is 11.5 Å². The number of hydrogen-bond acceptors (Lipinski definition) is 6. The van der Waals surface area contributed by atoms with E-state index in [1.807, 2.05) is 5.32 Å². The van der Waals surface area contributed by atoms with Crippen LogP contribution in [0.4, 0.5) is 30.4 Å². The highest BCUT2D eigenvalue weighted by molar-refractivity contribution is 6.03. The molecule has 3 aromatic rings. The smallest absolute Gasteiger partial charge is 0.355 e. The number of aromatic nitrogens is 4. The fourth-order valence-electron chi connectivity index (χ4n) is 3.40. The number of anilines is 3. The van der Waals surface area contributed by atoms with Crippen molar-refractivity contribution >= 4 is 40.0 Å². The fourth-order valence-corrected chi connectivity index (χ4v) is 3.40. The Morgan fingerprint density at radius 2 is 2.00 bits per heavy atom. The summed E-state index contributed by atoms with van der Waals surface area (Å²) in [5, 5.41) is 7.05. The molecule has 1 aliphatic carbocycles. The summed E-state index contributed by atoms with van der Waals surface area (Å²) in [6.45, 7) is -2.00. The van der Waals surface area contributed by atoms with Crippen LogP contribution < -0.4 is 21.5 Å². The maximum atomic E-state index is 13.3. The lowest BCUT2D eigenvalue weighted by Gasteiger charge is -2.18. The Morgan fingerprint density at radius 1 is 1.26 bits per heavy atom. The largest absolute Gasteiger partial charge is 0.409 e. The summed E-state index contributed by atoms with van der Waals surface area (Å²) >= 11 is 0. The van der Waals surface area contributed by atoms with Gasteiger partial charge in [0, 0.05) is 42.5 Å². The van der Waals surface area contributed by atoms with Gasteiger partial charge in [-0.1, -0.05) is 0 Å². The summed E-state index contributed by atoms with van der Waals surface area (Å²) in [5.41, 5.74) is -1.20. The van der Waals surface area contributed by atoms with Gasteiger partial charge in [0.15, 0.2) is 0 Å². The average molecular weight is 480 g/mol. The van der Waals surface area contributed by atoms with Crippen molar-refractivity contribution in [1.29, 1.82) is 0 Å². The van der Waals surface area contributed by atoms with Crippen molar-refractivity contribution in [3.63, 3.8) is 0 Å². The van der Waals surface area contributed by atoms with Crippen LogP contribution in [-0.4, -0.2) is 44.1 Å². The molecule has 1 saturated carbocycles.